The number of aromatic nitrogens is 2. The van der Waals surface area contributed by atoms with Crippen molar-refractivity contribution in [3.63, 3.8) is 0 Å². The van der Waals surface area contributed by atoms with E-state index in [2.05, 4.69) is 5.10 Å². The van der Waals surface area contributed by atoms with Crippen molar-refractivity contribution in [3.8, 4) is 11.5 Å². The second-order valence-corrected chi connectivity index (χ2v) is 6.90. The SMILES string of the molecule is COc1ccc(OC[C@@H]2C3CCC(C3)N2C(=O)c2cnn(C)c2)cc1. The van der Waals surface area contributed by atoms with E-state index in [1.807, 2.05) is 36.2 Å². The molecule has 1 amide bonds. The number of ether oxygens (including phenoxy) is 2. The van der Waals surface area contributed by atoms with Gasteiger partial charge in [-0.1, -0.05) is 0 Å². The van der Waals surface area contributed by atoms with Gasteiger partial charge in [0.2, 0.25) is 0 Å². The van der Waals surface area contributed by atoms with Gasteiger partial charge in [-0.3, -0.25) is 9.48 Å². The molecule has 0 spiro atoms. The molecule has 25 heavy (non-hydrogen) atoms. The Balaban J connectivity index is 1.47. The Labute approximate surface area is 147 Å². The largest absolute Gasteiger partial charge is 0.497 e. The first-order valence-corrected chi connectivity index (χ1v) is 8.74. The third-order valence-electron chi connectivity index (χ3n) is 5.41. The highest BCUT2D eigenvalue weighted by atomic mass is 16.5. The summed E-state index contributed by atoms with van der Waals surface area (Å²) < 4.78 is 12.8. The van der Waals surface area contributed by atoms with Crippen LogP contribution in [0, 0.1) is 5.92 Å². The van der Waals surface area contributed by atoms with E-state index in [0.717, 1.165) is 24.3 Å². The molecular formula is C19H23N3O3. The average Bonchev–Trinajstić information content (AvgIpc) is 3.35. The van der Waals surface area contributed by atoms with E-state index in [0.29, 0.717) is 24.1 Å². The zero-order valence-electron chi connectivity index (χ0n) is 14.6. The van der Waals surface area contributed by atoms with E-state index < -0.39 is 0 Å². The van der Waals surface area contributed by atoms with Crippen LogP contribution in [0.3, 0.4) is 0 Å². The van der Waals surface area contributed by atoms with Crippen molar-refractivity contribution in [2.24, 2.45) is 13.0 Å². The number of carbonyl (C=O) groups excluding carboxylic acids is 1. The first-order chi connectivity index (χ1) is 12.2. The highest BCUT2D eigenvalue weighted by Crippen LogP contribution is 2.43. The summed E-state index contributed by atoms with van der Waals surface area (Å²) in [5, 5.41) is 4.13. The monoisotopic (exact) mass is 341 g/mol. The standard InChI is InChI=1S/C19H23N3O3/c1-21-11-14(10-20-21)19(23)22-15-4-3-13(9-15)18(22)12-25-17-7-5-16(24-2)6-8-17/h5-8,10-11,13,15,18H,3-4,9,12H2,1-2H3/t13?,15?,18-/m1/s1. The van der Waals surface area contributed by atoms with Crippen molar-refractivity contribution < 1.29 is 14.3 Å². The normalized spacial score (nSPS) is 24.6. The number of methoxy groups -OCH3 is 1. The molecule has 132 valence electrons. The number of hydrogen-bond acceptors (Lipinski definition) is 4. The fourth-order valence-corrected chi connectivity index (χ4v) is 4.16. The van der Waals surface area contributed by atoms with Crippen LogP contribution >= 0.6 is 0 Å². The topological polar surface area (TPSA) is 56.6 Å². The third-order valence-corrected chi connectivity index (χ3v) is 5.41. The van der Waals surface area contributed by atoms with Crippen molar-refractivity contribution in [3.05, 3.63) is 42.2 Å². The Morgan fingerprint density at radius 2 is 2.00 bits per heavy atom. The minimum absolute atomic E-state index is 0.0728. The molecule has 0 radical (unpaired) electrons. The fourth-order valence-electron chi connectivity index (χ4n) is 4.16. The molecular weight excluding hydrogens is 318 g/mol. The molecule has 6 heteroatoms. The van der Waals surface area contributed by atoms with E-state index in [4.69, 9.17) is 9.47 Å². The van der Waals surface area contributed by atoms with Gasteiger partial charge in [0.15, 0.2) is 0 Å². The molecule has 1 saturated heterocycles. The van der Waals surface area contributed by atoms with Crippen molar-refractivity contribution >= 4 is 5.91 Å². The van der Waals surface area contributed by atoms with Gasteiger partial charge in [-0.05, 0) is 49.4 Å². The Morgan fingerprint density at radius 1 is 1.24 bits per heavy atom. The van der Waals surface area contributed by atoms with Crippen LogP contribution in [-0.2, 0) is 7.05 Å². The molecule has 2 aliphatic rings. The molecule has 1 aromatic heterocycles. The fraction of sp³-hybridized carbons (Fsp3) is 0.474. The van der Waals surface area contributed by atoms with Gasteiger partial charge >= 0.3 is 0 Å². The lowest BCUT2D eigenvalue weighted by atomic mass is 9.99. The maximum atomic E-state index is 13.0. The summed E-state index contributed by atoms with van der Waals surface area (Å²) in [6, 6.07) is 8.04. The number of carbonyl (C=O) groups is 1. The number of hydrogen-bond donors (Lipinski definition) is 0. The summed E-state index contributed by atoms with van der Waals surface area (Å²) in [5.41, 5.74) is 0.657. The minimum atomic E-state index is 0.0728. The molecule has 6 nitrogen and oxygen atoms in total. The van der Waals surface area contributed by atoms with Gasteiger partial charge in [0.25, 0.3) is 5.91 Å². The summed E-state index contributed by atoms with van der Waals surface area (Å²) in [5.74, 6) is 2.21. The van der Waals surface area contributed by atoms with Gasteiger partial charge in [-0.2, -0.15) is 5.10 Å². The molecule has 4 rings (SSSR count). The first-order valence-electron chi connectivity index (χ1n) is 8.74. The zero-order chi connectivity index (χ0) is 17.4. The predicted molar refractivity (Wildman–Crippen MR) is 92.8 cm³/mol. The molecule has 2 unspecified atom stereocenters. The van der Waals surface area contributed by atoms with Gasteiger partial charge in [-0.15, -0.1) is 0 Å². The highest BCUT2D eigenvalue weighted by molar-refractivity contribution is 5.94. The van der Waals surface area contributed by atoms with Gasteiger partial charge in [0.1, 0.15) is 18.1 Å². The smallest absolute Gasteiger partial charge is 0.257 e. The summed E-state index contributed by atoms with van der Waals surface area (Å²) in [6.07, 6.45) is 6.79. The lowest BCUT2D eigenvalue weighted by Crippen LogP contribution is -2.47. The molecule has 2 bridgehead atoms. The minimum Gasteiger partial charge on any atom is -0.497 e. The number of likely N-dealkylation sites (tertiary alicyclic amines) is 1. The van der Waals surface area contributed by atoms with Crippen LogP contribution in [0.1, 0.15) is 29.6 Å². The summed E-state index contributed by atoms with van der Waals surface area (Å²) in [6.45, 7) is 0.527. The highest BCUT2D eigenvalue weighted by Gasteiger charge is 2.48. The van der Waals surface area contributed by atoms with Crippen molar-refractivity contribution in [2.45, 2.75) is 31.3 Å². The number of aryl methyl sites for hydroxylation is 1. The molecule has 0 N–H and O–H groups in total. The molecule has 1 saturated carbocycles. The van der Waals surface area contributed by atoms with Gasteiger partial charge in [-0.25, -0.2) is 0 Å². The number of nitrogens with zero attached hydrogens (tertiary/aromatic N) is 3. The van der Waals surface area contributed by atoms with Crippen LogP contribution in [0.25, 0.3) is 0 Å². The van der Waals surface area contributed by atoms with Crippen LogP contribution in [0.4, 0.5) is 0 Å². The summed E-state index contributed by atoms with van der Waals surface area (Å²) in [4.78, 5) is 15.0. The van der Waals surface area contributed by atoms with E-state index in [-0.39, 0.29) is 11.9 Å². The number of piperidine rings is 1. The third kappa shape index (κ3) is 2.97. The van der Waals surface area contributed by atoms with Crippen molar-refractivity contribution in [1.82, 2.24) is 14.7 Å². The second-order valence-electron chi connectivity index (χ2n) is 6.90. The van der Waals surface area contributed by atoms with Gasteiger partial charge in [0, 0.05) is 19.3 Å². The Morgan fingerprint density at radius 3 is 2.68 bits per heavy atom. The Kier molecular flexibility index (Phi) is 4.11. The molecule has 1 aliphatic carbocycles. The van der Waals surface area contributed by atoms with Crippen LogP contribution in [0.2, 0.25) is 0 Å². The van der Waals surface area contributed by atoms with Crippen LogP contribution in [0.5, 0.6) is 11.5 Å². The first kappa shape index (κ1) is 16.0. The summed E-state index contributed by atoms with van der Waals surface area (Å²) in [7, 11) is 3.48. The predicted octanol–water partition coefficient (Wildman–Crippen LogP) is 2.50. The van der Waals surface area contributed by atoms with Crippen LogP contribution in [0.15, 0.2) is 36.7 Å². The number of amides is 1. The van der Waals surface area contributed by atoms with Crippen molar-refractivity contribution in [2.75, 3.05) is 13.7 Å². The van der Waals surface area contributed by atoms with Crippen molar-refractivity contribution in [1.29, 1.82) is 0 Å². The maximum Gasteiger partial charge on any atom is 0.257 e. The summed E-state index contributed by atoms with van der Waals surface area (Å²) >= 11 is 0. The maximum absolute atomic E-state index is 13.0. The number of rotatable bonds is 5. The number of fused-ring (bicyclic) bond motifs is 2. The molecule has 1 aromatic carbocycles. The van der Waals surface area contributed by atoms with Gasteiger partial charge in [0.05, 0.1) is 24.9 Å². The van der Waals surface area contributed by atoms with E-state index in [9.17, 15) is 4.79 Å². The quantitative estimate of drug-likeness (QED) is 0.838. The average molecular weight is 341 g/mol. The molecule has 3 atom stereocenters. The lowest BCUT2D eigenvalue weighted by Gasteiger charge is -2.35. The molecule has 2 heterocycles. The Hall–Kier alpha value is -2.50. The van der Waals surface area contributed by atoms with E-state index in [1.54, 1.807) is 24.2 Å². The molecule has 2 fully saturated rings. The lowest BCUT2D eigenvalue weighted by molar-refractivity contribution is 0.0505. The second kappa shape index (κ2) is 6.43. The molecule has 2 aromatic rings. The molecule has 1 aliphatic heterocycles. The Bertz CT molecular complexity index is 756. The van der Waals surface area contributed by atoms with Crippen LogP contribution in [-0.4, -0.2) is 46.4 Å². The van der Waals surface area contributed by atoms with E-state index >= 15 is 0 Å². The number of benzene rings is 1. The van der Waals surface area contributed by atoms with Gasteiger partial charge < -0.3 is 14.4 Å². The zero-order valence-corrected chi connectivity index (χ0v) is 14.6. The van der Waals surface area contributed by atoms with Crippen LogP contribution < -0.4 is 9.47 Å². The van der Waals surface area contributed by atoms with E-state index in [1.165, 1.54) is 6.42 Å².